The summed E-state index contributed by atoms with van der Waals surface area (Å²) in [6.45, 7) is 1.67. The van der Waals surface area contributed by atoms with Crippen molar-refractivity contribution in [2.24, 2.45) is 0 Å². The van der Waals surface area contributed by atoms with Gasteiger partial charge >= 0.3 is 0 Å². The van der Waals surface area contributed by atoms with Gasteiger partial charge in [0, 0.05) is 10.3 Å². The standard InChI is InChI=1S/C12H12ClNO3S2/c1-8-2-3-11(13)12(4-8)14-19(16,17)10-5-9(6-15)18-7-10/h2-5,7,14-15H,6H2,1H3. The summed E-state index contributed by atoms with van der Waals surface area (Å²) in [5, 5.41) is 10.8. The van der Waals surface area contributed by atoms with Crippen molar-refractivity contribution in [3.8, 4) is 0 Å². The first-order valence-electron chi connectivity index (χ1n) is 5.39. The van der Waals surface area contributed by atoms with Gasteiger partial charge in [0.25, 0.3) is 10.0 Å². The number of aliphatic hydroxyl groups excluding tert-OH is 1. The number of anilines is 1. The maximum atomic E-state index is 12.1. The van der Waals surface area contributed by atoms with Crippen molar-refractivity contribution in [3.63, 3.8) is 0 Å². The molecule has 0 fully saturated rings. The predicted molar refractivity (Wildman–Crippen MR) is 77.2 cm³/mol. The fraction of sp³-hybridized carbons (Fsp3) is 0.167. The molecule has 0 radical (unpaired) electrons. The third kappa shape index (κ3) is 3.27. The quantitative estimate of drug-likeness (QED) is 0.911. The number of nitrogens with one attached hydrogen (secondary N) is 1. The van der Waals surface area contributed by atoms with Crippen LogP contribution >= 0.6 is 22.9 Å². The van der Waals surface area contributed by atoms with Crippen LogP contribution in [0.1, 0.15) is 10.4 Å². The topological polar surface area (TPSA) is 66.4 Å². The second-order valence-corrected chi connectivity index (χ2v) is 7.08. The van der Waals surface area contributed by atoms with Crippen LogP contribution in [0.5, 0.6) is 0 Å². The van der Waals surface area contributed by atoms with E-state index in [4.69, 9.17) is 16.7 Å². The van der Waals surface area contributed by atoms with Crippen LogP contribution in [-0.2, 0) is 16.6 Å². The van der Waals surface area contributed by atoms with Gasteiger partial charge in [-0.05, 0) is 30.7 Å². The summed E-state index contributed by atoms with van der Waals surface area (Å²) in [6.07, 6.45) is 0. The molecule has 0 aliphatic rings. The van der Waals surface area contributed by atoms with Gasteiger partial charge in [-0.1, -0.05) is 17.7 Å². The summed E-state index contributed by atoms with van der Waals surface area (Å²) >= 11 is 7.15. The Morgan fingerprint density at radius 2 is 2.11 bits per heavy atom. The van der Waals surface area contributed by atoms with Gasteiger partial charge in [0.1, 0.15) is 0 Å². The minimum atomic E-state index is -3.68. The molecule has 102 valence electrons. The minimum absolute atomic E-state index is 0.124. The molecule has 0 bridgehead atoms. The Hall–Kier alpha value is -1.08. The van der Waals surface area contributed by atoms with Gasteiger partial charge in [-0.3, -0.25) is 4.72 Å². The molecule has 0 amide bonds. The van der Waals surface area contributed by atoms with E-state index in [1.54, 1.807) is 18.2 Å². The number of halogens is 1. The lowest BCUT2D eigenvalue weighted by atomic mass is 10.2. The smallest absolute Gasteiger partial charge is 0.262 e. The Kier molecular flexibility index (Phi) is 4.15. The molecule has 2 N–H and O–H groups in total. The molecule has 0 aliphatic heterocycles. The van der Waals surface area contributed by atoms with E-state index in [9.17, 15) is 8.42 Å². The molecule has 0 saturated heterocycles. The second-order valence-electron chi connectivity index (χ2n) is 4.00. The highest BCUT2D eigenvalue weighted by atomic mass is 35.5. The van der Waals surface area contributed by atoms with Crippen molar-refractivity contribution in [2.75, 3.05) is 4.72 Å². The lowest BCUT2D eigenvalue weighted by Gasteiger charge is -2.09. The summed E-state index contributed by atoms with van der Waals surface area (Å²) < 4.78 is 26.7. The van der Waals surface area contributed by atoms with Crippen LogP contribution in [0.2, 0.25) is 5.02 Å². The third-order valence-corrected chi connectivity index (χ3v) is 5.21. The molecule has 0 aliphatic carbocycles. The van der Waals surface area contributed by atoms with Crippen LogP contribution in [0, 0.1) is 6.92 Å². The Morgan fingerprint density at radius 1 is 1.37 bits per heavy atom. The highest BCUT2D eigenvalue weighted by Gasteiger charge is 2.17. The van der Waals surface area contributed by atoms with E-state index in [0.29, 0.717) is 15.6 Å². The predicted octanol–water partition coefficient (Wildman–Crippen LogP) is 3.00. The van der Waals surface area contributed by atoms with E-state index in [-0.39, 0.29) is 11.5 Å². The number of hydrogen-bond donors (Lipinski definition) is 2. The van der Waals surface area contributed by atoms with E-state index in [2.05, 4.69) is 4.72 Å². The summed E-state index contributed by atoms with van der Waals surface area (Å²) in [5.41, 5.74) is 1.25. The molecule has 1 aromatic carbocycles. The zero-order chi connectivity index (χ0) is 14.0. The second kappa shape index (κ2) is 5.50. The van der Waals surface area contributed by atoms with Crippen LogP contribution < -0.4 is 4.72 Å². The lowest BCUT2D eigenvalue weighted by molar-refractivity contribution is 0.285. The van der Waals surface area contributed by atoms with Gasteiger partial charge in [-0.15, -0.1) is 11.3 Å². The van der Waals surface area contributed by atoms with Crippen LogP contribution in [0.15, 0.2) is 34.5 Å². The average Bonchev–Trinajstić information content (AvgIpc) is 2.83. The monoisotopic (exact) mass is 317 g/mol. The van der Waals surface area contributed by atoms with Gasteiger partial charge < -0.3 is 5.11 Å². The number of rotatable bonds is 4. The fourth-order valence-corrected chi connectivity index (χ4v) is 3.93. The molecule has 19 heavy (non-hydrogen) atoms. The summed E-state index contributed by atoms with van der Waals surface area (Å²) in [6, 6.07) is 6.55. The Bertz CT molecular complexity index is 695. The molecule has 2 rings (SSSR count). The average molecular weight is 318 g/mol. The molecule has 0 unspecified atom stereocenters. The molecule has 1 heterocycles. The van der Waals surface area contributed by atoms with E-state index in [1.165, 1.54) is 22.8 Å². The number of aryl methyl sites for hydroxylation is 1. The number of thiophene rings is 1. The molecule has 0 spiro atoms. The lowest BCUT2D eigenvalue weighted by Crippen LogP contribution is -2.12. The first kappa shape index (κ1) is 14.3. The molecule has 0 atom stereocenters. The van der Waals surface area contributed by atoms with Crippen LogP contribution in [-0.4, -0.2) is 13.5 Å². The van der Waals surface area contributed by atoms with Gasteiger partial charge in [0.05, 0.1) is 22.2 Å². The normalized spacial score (nSPS) is 11.5. The first-order chi connectivity index (χ1) is 8.92. The highest BCUT2D eigenvalue weighted by molar-refractivity contribution is 7.92. The molecular formula is C12H12ClNO3S2. The summed E-state index contributed by atoms with van der Waals surface area (Å²) in [4.78, 5) is 0.717. The zero-order valence-corrected chi connectivity index (χ0v) is 12.4. The Balaban J connectivity index is 2.33. The first-order valence-corrected chi connectivity index (χ1v) is 8.14. The highest BCUT2D eigenvalue weighted by Crippen LogP contribution is 2.27. The minimum Gasteiger partial charge on any atom is -0.391 e. The number of aliphatic hydroxyl groups is 1. The molecule has 7 heteroatoms. The van der Waals surface area contributed by atoms with Gasteiger partial charge in [-0.2, -0.15) is 0 Å². The van der Waals surface area contributed by atoms with E-state index in [0.717, 1.165) is 5.56 Å². The van der Waals surface area contributed by atoms with E-state index in [1.807, 2.05) is 6.92 Å². The molecular weight excluding hydrogens is 306 g/mol. The Morgan fingerprint density at radius 3 is 2.74 bits per heavy atom. The number of benzene rings is 1. The van der Waals surface area contributed by atoms with Gasteiger partial charge in [0.15, 0.2) is 0 Å². The third-order valence-electron chi connectivity index (χ3n) is 2.46. The molecule has 1 aromatic heterocycles. The Labute approximate surface area is 120 Å². The fourth-order valence-electron chi connectivity index (χ4n) is 1.51. The number of hydrogen-bond acceptors (Lipinski definition) is 4. The largest absolute Gasteiger partial charge is 0.391 e. The summed E-state index contributed by atoms with van der Waals surface area (Å²) in [5.74, 6) is 0. The van der Waals surface area contributed by atoms with Gasteiger partial charge in [0.2, 0.25) is 0 Å². The maximum absolute atomic E-state index is 12.1. The summed E-state index contributed by atoms with van der Waals surface area (Å²) in [7, 11) is -3.68. The van der Waals surface area contributed by atoms with Crippen molar-refractivity contribution in [3.05, 3.63) is 45.1 Å². The van der Waals surface area contributed by atoms with Crippen LogP contribution in [0.4, 0.5) is 5.69 Å². The molecule has 0 saturated carbocycles. The van der Waals surface area contributed by atoms with Crippen molar-refractivity contribution in [2.45, 2.75) is 18.4 Å². The molecule has 4 nitrogen and oxygen atoms in total. The van der Waals surface area contributed by atoms with Crippen molar-refractivity contribution < 1.29 is 13.5 Å². The van der Waals surface area contributed by atoms with Gasteiger partial charge in [-0.25, -0.2) is 8.42 Å². The van der Waals surface area contributed by atoms with Crippen molar-refractivity contribution in [1.82, 2.24) is 0 Å². The maximum Gasteiger partial charge on any atom is 0.262 e. The van der Waals surface area contributed by atoms with Crippen LogP contribution in [0.25, 0.3) is 0 Å². The van der Waals surface area contributed by atoms with Crippen LogP contribution in [0.3, 0.4) is 0 Å². The number of sulfonamides is 1. The van der Waals surface area contributed by atoms with Crippen molar-refractivity contribution in [1.29, 1.82) is 0 Å². The molecule has 2 aromatic rings. The zero-order valence-electron chi connectivity index (χ0n) is 10.1. The van der Waals surface area contributed by atoms with E-state index < -0.39 is 10.0 Å². The van der Waals surface area contributed by atoms with Crippen molar-refractivity contribution >= 4 is 38.6 Å². The SMILES string of the molecule is Cc1ccc(Cl)c(NS(=O)(=O)c2csc(CO)c2)c1. The van der Waals surface area contributed by atoms with E-state index >= 15 is 0 Å².